The molecule has 1 atom stereocenters. The molecule has 1 aliphatic rings. The first-order valence-electron chi connectivity index (χ1n) is 7.81. The Morgan fingerprint density at radius 3 is 2.75 bits per heavy atom. The van der Waals surface area contributed by atoms with Gasteiger partial charge in [0.1, 0.15) is 11.4 Å². The topological polar surface area (TPSA) is 77.1 Å². The number of benzene rings is 1. The number of hydrogen-bond acceptors (Lipinski definition) is 5. The second-order valence-electron chi connectivity index (χ2n) is 5.72. The number of rotatable bonds is 5. The largest absolute Gasteiger partial charge is 0.496 e. The molecule has 2 rings (SSSR count). The molecular weight excluding hydrogens is 312 g/mol. The highest BCUT2D eigenvalue weighted by atomic mass is 16.5. The Morgan fingerprint density at radius 2 is 2.08 bits per heavy atom. The lowest BCUT2D eigenvalue weighted by atomic mass is 9.98. The highest BCUT2D eigenvalue weighted by Crippen LogP contribution is 2.25. The first-order chi connectivity index (χ1) is 11.5. The van der Waals surface area contributed by atoms with E-state index in [-0.39, 0.29) is 31.4 Å². The molecule has 1 aliphatic heterocycles. The third kappa shape index (κ3) is 4.04. The van der Waals surface area contributed by atoms with Gasteiger partial charge in [0, 0.05) is 20.7 Å². The van der Waals surface area contributed by atoms with Crippen molar-refractivity contribution in [3.05, 3.63) is 29.8 Å². The van der Waals surface area contributed by atoms with Crippen LogP contribution >= 0.6 is 0 Å². The Bertz CT molecular complexity index is 592. The van der Waals surface area contributed by atoms with Gasteiger partial charge in [-0.2, -0.15) is 0 Å². The van der Waals surface area contributed by atoms with Crippen LogP contribution in [0, 0.1) is 0 Å². The summed E-state index contributed by atoms with van der Waals surface area (Å²) in [5, 5.41) is 2.59. The van der Waals surface area contributed by atoms with Gasteiger partial charge in [0.25, 0.3) is 5.91 Å². The number of ether oxygens (including phenoxy) is 3. The molecule has 1 unspecified atom stereocenters. The summed E-state index contributed by atoms with van der Waals surface area (Å²) in [6.45, 7) is 1.34. The van der Waals surface area contributed by atoms with Gasteiger partial charge in [-0.1, -0.05) is 12.1 Å². The first kappa shape index (κ1) is 18.2. The number of amides is 2. The monoisotopic (exact) mass is 336 g/mol. The molecule has 1 N–H and O–H groups in total. The van der Waals surface area contributed by atoms with Crippen LogP contribution in [-0.2, 0) is 14.3 Å². The molecule has 0 bridgehead atoms. The first-order valence-corrected chi connectivity index (χ1v) is 7.81. The van der Waals surface area contributed by atoms with E-state index in [4.69, 9.17) is 14.2 Å². The van der Waals surface area contributed by atoms with Gasteiger partial charge in [0.15, 0.2) is 0 Å². The fraction of sp³-hybridized carbons (Fsp3) is 0.529. The van der Waals surface area contributed by atoms with Gasteiger partial charge in [-0.05, 0) is 12.1 Å². The Hall–Kier alpha value is -2.12. The normalized spacial score (nSPS) is 21.0. The van der Waals surface area contributed by atoms with Crippen LogP contribution in [0.25, 0.3) is 0 Å². The molecule has 7 nitrogen and oxygen atoms in total. The van der Waals surface area contributed by atoms with E-state index in [1.54, 1.807) is 30.1 Å². The standard InChI is InChI=1S/C17H24N2O5/c1-18-15(20)10-17(23-3)11-19(8-9-24-12-17)16(21)13-6-4-5-7-14(13)22-2/h4-7H,8-12H2,1-3H3,(H,18,20). The molecule has 0 radical (unpaired) electrons. The molecule has 1 saturated heterocycles. The molecule has 2 amide bonds. The molecule has 0 spiro atoms. The minimum absolute atomic E-state index is 0.121. The molecule has 7 heteroatoms. The number of methoxy groups -OCH3 is 2. The minimum atomic E-state index is -0.867. The summed E-state index contributed by atoms with van der Waals surface area (Å²) in [5.41, 5.74) is -0.388. The van der Waals surface area contributed by atoms with E-state index in [2.05, 4.69) is 5.32 Å². The van der Waals surface area contributed by atoms with Crippen LogP contribution in [0.4, 0.5) is 0 Å². The van der Waals surface area contributed by atoms with Gasteiger partial charge in [-0.3, -0.25) is 9.59 Å². The summed E-state index contributed by atoms with van der Waals surface area (Å²) in [6, 6.07) is 7.07. The Morgan fingerprint density at radius 1 is 1.33 bits per heavy atom. The lowest BCUT2D eigenvalue weighted by Crippen LogP contribution is -2.50. The van der Waals surface area contributed by atoms with Gasteiger partial charge < -0.3 is 24.4 Å². The summed E-state index contributed by atoms with van der Waals surface area (Å²) in [4.78, 5) is 26.4. The zero-order valence-electron chi connectivity index (χ0n) is 14.3. The average molecular weight is 336 g/mol. The molecular formula is C17H24N2O5. The van der Waals surface area contributed by atoms with Crippen molar-refractivity contribution >= 4 is 11.8 Å². The molecule has 0 aliphatic carbocycles. The molecule has 0 saturated carbocycles. The van der Waals surface area contributed by atoms with Crippen molar-refractivity contribution < 1.29 is 23.8 Å². The molecule has 1 aromatic carbocycles. The van der Waals surface area contributed by atoms with Crippen molar-refractivity contribution in [2.24, 2.45) is 0 Å². The number of nitrogens with zero attached hydrogens (tertiary/aromatic N) is 1. The molecule has 0 aromatic heterocycles. The summed E-state index contributed by atoms with van der Waals surface area (Å²) in [6.07, 6.45) is 0.121. The van der Waals surface area contributed by atoms with Crippen LogP contribution in [0.2, 0.25) is 0 Å². The van der Waals surface area contributed by atoms with Crippen LogP contribution in [0.1, 0.15) is 16.8 Å². The van der Waals surface area contributed by atoms with Crippen LogP contribution in [0.3, 0.4) is 0 Å². The minimum Gasteiger partial charge on any atom is -0.496 e. The van der Waals surface area contributed by atoms with Crippen molar-refractivity contribution in [1.29, 1.82) is 0 Å². The van der Waals surface area contributed by atoms with Crippen molar-refractivity contribution in [3.63, 3.8) is 0 Å². The molecule has 24 heavy (non-hydrogen) atoms. The Labute approximate surface area is 141 Å². The van der Waals surface area contributed by atoms with Crippen molar-refractivity contribution in [3.8, 4) is 5.75 Å². The second-order valence-corrected chi connectivity index (χ2v) is 5.72. The number of nitrogens with one attached hydrogen (secondary N) is 1. The number of carbonyl (C=O) groups excluding carboxylic acids is 2. The molecule has 1 aromatic rings. The van der Waals surface area contributed by atoms with Crippen LogP contribution in [-0.4, -0.2) is 69.9 Å². The third-order valence-electron chi connectivity index (χ3n) is 4.17. The van der Waals surface area contributed by atoms with Crippen molar-refractivity contribution in [2.45, 2.75) is 12.0 Å². The Kier molecular flexibility index (Phi) is 6.16. The zero-order chi connectivity index (χ0) is 17.6. The van der Waals surface area contributed by atoms with E-state index < -0.39 is 5.60 Å². The molecule has 1 heterocycles. The summed E-state index contributed by atoms with van der Waals surface area (Å²) < 4.78 is 16.5. The number of carbonyl (C=O) groups is 2. The summed E-state index contributed by atoms with van der Waals surface area (Å²) >= 11 is 0. The summed E-state index contributed by atoms with van der Waals surface area (Å²) in [5.74, 6) is 0.185. The maximum atomic E-state index is 12.9. The highest BCUT2D eigenvalue weighted by Gasteiger charge is 2.39. The van der Waals surface area contributed by atoms with E-state index in [9.17, 15) is 9.59 Å². The molecule has 1 fully saturated rings. The highest BCUT2D eigenvalue weighted by molar-refractivity contribution is 5.97. The molecule has 132 valence electrons. The van der Waals surface area contributed by atoms with Gasteiger partial charge in [0.05, 0.1) is 38.9 Å². The van der Waals surface area contributed by atoms with Crippen LogP contribution in [0.15, 0.2) is 24.3 Å². The average Bonchev–Trinajstić information content (AvgIpc) is 2.84. The summed E-state index contributed by atoms with van der Waals surface area (Å²) in [7, 11) is 4.63. The predicted molar refractivity (Wildman–Crippen MR) is 88.1 cm³/mol. The third-order valence-corrected chi connectivity index (χ3v) is 4.17. The predicted octanol–water partition coefficient (Wildman–Crippen LogP) is 0.689. The lowest BCUT2D eigenvalue weighted by Gasteiger charge is -2.33. The van der Waals surface area contributed by atoms with Crippen molar-refractivity contribution in [1.82, 2.24) is 10.2 Å². The van der Waals surface area contributed by atoms with Crippen LogP contribution in [0.5, 0.6) is 5.75 Å². The second kappa shape index (κ2) is 8.12. The SMILES string of the molecule is CNC(=O)CC1(OC)COCCN(C(=O)c2ccccc2OC)C1. The van der Waals surface area contributed by atoms with E-state index >= 15 is 0 Å². The van der Waals surface area contributed by atoms with E-state index in [1.165, 1.54) is 14.2 Å². The van der Waals surface area contributed by atoms with Crippen LogP contribution < -0.4 is 10.1 Å². The zero-order valence-corrected chi connectivity index (χ0v) is 14.3. The smallest absolute Gasteiger partial charge is 0.257 e. The van der Waals surface area contributed by atoms with Gasteiger partial charge in [0.2, 0.25) is 5.91 Å². The van der Waals surface area contributed by atoms with E-state index in [0.717, 1.165) is 0 Å². The van der Waals surface area contributed by atoms with Gasteiger partial charge in [-0.25, -0.2) is 0 Å². The maximum Gasteiger partial charge on any atom is 0.257 e. The van der Waals surface area contributed by atoms with E-state index in [0.29, 0.717) is 24.5 Å². The fourth-order valence-corrected chi connectivity index (χ4v) is 2.75. The number of hydrogen-bond donors (Lipinski definition) is 1. The van der Waals surface area contributed by atoms with Crippen molar-refractivity contribution in [2.75, 3.05) is 47.6 Å². The fourth-order valence-electron chi connectivity index (χ4n) is 2.75. The Balaban J connectivity index is 2.25. The van der Waals surface area contributed by atoms with E-state index in [1.807, 2.05) is 6.07 Å². The maximum absolute atomic E-state index is 12.9. The van der Waals surface area contributed by atoms with Gasteiger partial charge >= 0.3 is 0 Å². The lowest BCUT2D eigenvalue weighted by molar-refractivity contribution is -0.131. The van der Waals surface area contributed by atoms with Gasteiger partial charge in [-0.15, -0.1) is 0 Å². The quantitative estimate of drug-likeness (QED) is 0.856. The number of para-hydroxylation sites is 1.